The summed E-state index contributed by atoms with van der Waals surface area (Å²) in [7, 11) is 1.32. The first-order valence-corrected chi connectivity index (χ1v) is 11.9. The number of ether oxygens (including phenoxy) is 1. The zero-order valence-corrected chi connectivity index (χ0v) is 21.1. The van der Waals surface area contributed by atoms with Gasteiger partial charge in [0, 0.05) is 26.2 Å². The molecule has 4 rings (SSSR count). The molecule has 18 heteroatoms. The van der Waals surface area contributed by atoms with Gasteiger partial charge in [-0.3, -0.25) is 14.4 Å². The number of alkyl halides is 6. The molecule has 2 aliphatic rings. The molecule has 0 aromatic carbocycles. The summed E-state index contributed by atoms with van der Waals surface area (Å²) in [4.78, 5) is 41.3. The smallest absolute Gasteiger partial charge is 0.379 e. The van der Waals surface area contributed by atoms with Crippen molar-refractivity contribution >= 4 is 29.0 Å². The van der Waals surface area contributed by atoms with Crippen molar-refractivity contribution in [3.63, 3.8) is 0 Å². The molecule has 2 amide bonds. The van der Waals surface area contributed by atoms with Crippen molar-refractivity contribution in [3.8, 4) is 0 Å². The van der Waals surface area contributed by atoms with Crippen LogP contribution in [0.2, 0.25) is 0 Å². The van der Waals surface area contributed by atoms with Gasteiger partial charge < -0.3 is 24.8 Å². The molecule has 1 unspecified atom stereocenters. The van der Waals surface area contributed by atoms with Crippen molar-refractivity contribution in [1.29, 1.82) is 0 Å². The number of nitrogens with one attached hydrogen (secondary N) is 2. The molecule has 0 spiro atoms. The average molecular weight is 578 g/mol. The Bertz CT molecular complexity index is 1330. The third-order valence-electron chi connectivity index (χ3n) is 6.40. The lowest BCUT2D eigenvalue weighted by Gasteiger charge is -2.46. The third-order valence-corrected chi connectivity index (χ3v) is 6.40. The summed E-state index contributed by atoms with van der Waals surface area (Å²) >= 11 is 0. The molecule has 2 N–H and O–H groups in total. The highest BCUT2D eigenvalue weighted by molar-refractivity contribution is 6.05. The minimum Gasteiger partial charge on any atom is -0.379 e. The standard InChI is InChI=1S/C22H24F6N8O4/c1-11(30-12-8-29-33-19(38)17(12)22(26,27)28)10-40-6-3-16(37)35-4-5-36-14(9-35)20(39)34(2)13-7-15(21(23,24)25)31-32-18(13)36/h7-8,11,14H,3-6,9-10H2,1-2H3,(H2,30,33,38)/t11-,14?/m0/s1. The Morgan fingerprint density at radius 2 is 1.90 bits per heavy atom. The number of carbonyl (C=O) groups is 2. The van der Waals surface area contributed by atoms with Crippen LogP contribution in [0.4, 0.5) is 43.5 Å². The molecule has 0 radical (unpaired) electrons. The lowest BCUT2D eigenvalue weighted by Crippen LogP contribution is -2.63. The molecule has 0 bridgehead atoms. The number of hydrogen-bond donors (Lipinski definition) is 2. The Labute approximate surface area is 222 Å². The van der Waals surface area contributed by atoms with Crippen LogP contribution in [0.25, 0.3) is 0 Å². The molecule has 0 aliphatic carbocycles. The van der Waals surface area contributed by atoms with E-state index in [0.717, 1.165) is 17.2 Å². The minimum absolute atomic E-state index is 0.0299. The highest BCUT2D eigenvalue weighted by Gasteiger charge is 2.44. The molecule has 1 saturated heterocycles. The summed E-state index contributed by atoms with van der Waals surface area (Å²) in [5.41, 5.74) is -4.57. The lowest BCUT2D eigenvalue weighted by molar-refractivity contribution is -0.142. The van der Waals surface area contributed by atoms with Gasteiger partial charge in [0.05, 0.1) is 43.8 Å². The van der Waals surface area contributed by atoms with E-state index in [1.807, 2.05) is 0 Å². The molecule has 12 nitrogen and oxygen atoms in total. The van der Waals surface area contributed by atoms with E-state index < -0.39 is 52.8 Å². The van der Waals surface area contributed by atoms with Gasteiger partial charge in [-0.25, -0.2) is 5.10 Å². The van der Waals surface area contributed by atoms with E-state index in [9.17, 15) is 40.7 Å². The maximum atomic E-state index is 13.2. The number of likely N-dealkylation sites (N-methyl/N-ethyl adjacent to an activating group) is 1. The van der Waals surface area contributed by atoms with Crippen LogP contribution < -0.4 is 20.7 Å². The fourth-order valence-corrected chi connectivity index (χ4v) is 4.46. The van der Waals surface area contributed by atoms with Crippen molar-refractivity contribution < 1.29 is 40.7 Å². The van der Waals surface area contributed by atoms with E-state index in [4.69, 9.17) is 4.74 Å². The first-order chi connectivity index (χ1) is 18.7. The van der Waals surface area contributed by atoms with Gasteiger partial charge in [-0.05, 0) is 13.0 Å². The summed E-state index contributed by atoms with van der Waals surface area (Å²) in [6, 6.07) is -0.771. The van der Waals surface area contributed by atoms with Gasteiger partial charge in [-0.2, -0.15) is 31.4 Å². The fraction of sp³-hybridized carbons (Fsp3) is 0.545. The van der Waals surface area contributed by atoms with Gasteiger partial charge in [0.25, 0.3) is 11.5 Å². The van der Waals surface area contributed by atoms with Gasteiger partial charge in [0.2, 0.25) is 5.91 Å². The predicted octanol–water partition coefficient (Wildman–Crippen LogP) is 1.50. The topological polar surface area (TPSA) is 137 Å². The number of piperazine rings is 1. The van der Waals surface area contributed by atoms with Gasteiger partial charge in [-0.15, -0.1) is 10.2 Å². The Morgan fingerprint density at radius 1 is 1.18 bits per heavy atom. The number of nitrogens with zero attached hydrogens (tertiary/aromatic N) is 6. The zero-order valence-electron chi connectivity index (χ0n) is 21.1. The normalized spacial score (nSPS) is 18.4. The Balaban J connectivity index is 1.30. The molecular formula is C22H24F6N8O4. The largest absolute Gasteiger partial charge is 0.435 e. The van der Waals surface area contributed by atoms with E-state index in [-0.39, 0.29) is 56.7 Å². The second kappa shape index (κ2) is 10.9. The fourth-order valence-electron chi connectivity index (χ4n) is 4.46. The molecule has 218 valence electrons. The molecule has 2 aromatic rings. The highest BCUT2D eigenvalue weighted by Crippen LogP contribution is 2.38. The Hall–Kier alpha value is -3.96. The highest BCUT2D eigenvalue weighted by atomic mass is 19.4. The number of aromatic nitrogens is 4. The van der Waals surface area contributed by atoms with Crippen LogP contribution in [0, 0.1) is 0 Å². The van der Waals surface area contributed by atoms with Gasteiger partial charge in [-0.1, -0.05) is 0 Å². The van der Waals surface area contributed by atoms with E-state index in [1.165, 1.54) is 23.8 Å². The number of carbonyl (C=O) groups excluding carboxylic acids is 2. The first-order valence-electron chi connectivity index (χ1n) is 11.9. The molecular weight excluding hydrogens is 554 g/mol. The Kier molecular flexibility index (Phi) is 7.91. The summed E-state index contributed by atoms with van der Waals surface area (Å²) < 4.78 is 84.1. The number of H-pyrrole nitrogens is 1. The second-order valence-electron chi connectivity index (χ2n) is 9.24. The average Bonchev–Trinajstić information content (AvgIpc) is 2.87. The molecule has 2 atom stereocenters. The van der Waals surface area contributed by atoms with Crippen LogP contribution in [0.3, 0.4) is 0 Å². The van der Waals surface area contributed by atoms with Crippen LogP contribution in [-0.4, -0.2) is 89.1 Å². The molecule has 4 heterocycles. The molecule has 2 aliphatic heterocycles. The zero-order chi connectivity index (χ0) is 29.4. The Morgan fingerprint density at radius 3 is 2.58 bits per heavy atom. The molecule has 2 aromatic heterocycles. The van der Waals surface area contributed by atoms with Crippen LogP contribution >= 0.6 is 0 Å². The lowest BCUT2D eigenvalue weighted by atomic mass is 10.1. The number of anilines is 3. The van der Waals surface area contributed by atoms with E-state index in [2.05, 4.69) is 20.6 Å². The van der Waals surface area contributed by atoms with E-state index in [1.54, 1.807) is 5.10 Å². The van der Waals surface area contributed by atoms with Crippen molar-refractivity contribution in [2.75, 3.05) is 55.0 Å². The van der Waals surface area contributed by atoms with Crippen LogP contribution in [0.15, 0.2) is 17.1 Å². The van der Waals surface area contributed by atoms with Crippen LogP contribution in [0.1, 0.15) is 24.6 Å². The van der Waals surface area contributed by atoms with E-state index >= 15 is 0 Å². The van der Waals surface area contributed by atoms with Crippen molar-refractivity contribution in [3.05, 3.63) is 33.9 Å². The summed E-state index contributed by atoms with van der Waals surface area (Å²) in [5.74, 6) is -0.741. The second-order valence-corrected chi connectivity index (χ2v) is 9.24. The number of amides is 2. The van der Waals surface area contributed by atoms with Gasteiger partial charge in [0.1, 0.15) is 11.6 Å². The van der Waals surface area contributed by atoms with Crippen molar-refractivity contribution in [2.45, 2.75) is 37.8 Å². The van der Waals surface area contributed by atoms with Crippen molar-refractivity contribution in [1.82, 2.24) is 25.3 Å². The number of halogens is 6. The van der Waals surface area contributed by atoms with Crippen LogP contribution in [-0.2, 0) is 26.7 Å². The monoisotopic (exact) mass is 578 g/mol. The molecule has 40 heavy (non-hydrogen) atoms. The van der Waals surface area contributed by atoms with Crippen molar-refractivity contribution in [2.24, 2.45) is 0 Å². The predicted molar refractivity (Wildman–Crippen MR) is 127 cm³/mol. The summed E-state index contributed by atoms with van der Waals surface area (Å²) in [6.45, 7) is 1.63. The van der Waals surface area contributed by atoms with Crippen LogP contribution in [0.5, 0.6) is 0 Å². The van der Waals surface area contributed by atoms with E-state index in [0.29, 0.717) is 0 Å². The number of fused-ring (bicyclic) bond motifs is 3. The number of hydrogen-bond acceptors (Lipinski definition) is 9. The number of aromatic amines is 1. The molecule has 1 fully saturated rings. The summed E-state index contributed by atoms with van der Waals surface area (Å²) in [6.07, 6.45) is -8.87. The van der Waals surface area contributed by atoms with Gasteiger partial charge in [0.15, 0.2) is 11.5 Å². The third kappa shape index (κ3) is 5.95. The minimum atomic E-state index is -4.90. The SMILES string of the molecule is C[C@@H](COCCC(=O)N1CCN2c3nnc(C(F)(F)F)cc3N(C)C(=O)C2C1)Nc1cn[nH]c(=O)c1C(F)(F)F. The van der Waals surface area contributed by atoms with Gasteiger partial charge >= 0.3 is 12.4 Å². The summed E-state index contributed by atoms with van der Waals surface area (Å²) in [5, 5.41) is 14.6. The first kappa shape index (κ1) is 29.0. The number of rotatable bonds is 7. The molecule has 0 saturated carbocycles. The maximum absolute atomic E-state index is 13.2. The maximum Gasteiger partial charge on any atom is 0.435 e. The quantitative estimate of drug-likeness (QED) is 0.370.